The van der Waals surface area contributed by atoms with Crippen LogP contribution in [0.5, 0.6) is 0 Å². The Kier molecular flexibility index (Phi) is 6.74. The number of esters is 1. The molecule has 3 aromatic carbocycles. The molecule has 5 aromatic rings. The summed E-state index contributed by atoms with van der Waals surface area (Å²) in [5.74, 6) is -0.799. The Morgan fingerprint density at radius 3 is 2.49 bits per heavy atom. The van der Waals surface area contributed by atoms with E-state index in [1.165, 1.54) is 7.11 Å². The number of benzene rings is 3. The molecule has 0 aliphatic carbocycles. The summed E-state index contributed by atoms with van der Waals surface area (Å²) in [5.41, 5.74) is 5.48. The van der Waals surface area contributed by atoms with Gasteiger partial charge in [-0.25, -0.2) is 9.78 Å². The van der Waals surface area contributed by atoms with Gasteiger partial charge in [0.25, 0.3) is 5.91 Å². The highest BCUT2D eigenvalue weighted by molar-refractivity contribution is 9.10. The number of fused-ring (bicyclic) bond motifs is 1. The molecule has 0 saturated heterocycles. The minimum atomic E-state index is -0.489. The normalized spacial score (nSPS) is 10.8. The second kappa shape index (κ2) is 10.3. The maximum atomic E-state index is 13.9. The average Bonchev–Trinajstić information content (AvgIpc) is 2.93. The molecule has 5 rings (SSSR count). The fraction of sp³-hybridized carbons (Fsp3) is 0.0690. The van der Waals surface area contributed by atoms with Crippen LogP contribution in [0.25, 0.3) is 33.4 Å². The molecule has 37 heavy (non-hydrogen) atoms. The summed E-state index contributed by atoms with van der Waals surface area (Å²) in [7, 11) is 1.32. The van der Waals surface area contributed by atoms with Gasteiger partial charge in [-0.15, -0.1) is 0 Å². The quantitative estimate of drug-likeness (QED) is 0.251. The predicted octanol–water partition coefficient (Wildman–Crippen LogP) is 6.47. The van der Waals surface area contributed by atoms with Gasteiger partial charge in [-0.3, -0.25) is 4.79 Å². The first-order valence-corrected chi connectivity index (χ1v) is 12.2. The van der Waals surface area contributed by atoms with Gasteiger partial charge in [0.2, 0.25) is 0 Å². The lowest BCUT2D eigenvalue weighted by Gasteiger charge is -2.17. The van der Waals surface area contributed by atoms with Gasteiger partial charge >= 0.3 is 5.97 Å². The molecule has 0 fully saturated rings. The number of carbonyl (C=O) groups is 2. The van der Waals surface area contributed by atoms with Gasteiger partial charge in [-0.1, -0.05) is 46.3 Å². The summed E-state index contributed by atoms with van der Waals surface area (Å²) in [4.78, 5) is 31.0. The van der Waals surface area contributed by atoms with E-state index in [9.17, 15) is 9.59 Å². The van der Waals surface area contributed by atoms with E-state index in [4.69, 9.17) is 9.72 Å². The number of anilines is 1. The lowest BCUT2D eigenvalue weighted by atomic mass is 9.97. The van der Waals surface area contributed by atoms with Crippen LogP contribution < -0.4 is 5.32 Å². The number of rotatable bonds is 5. The zero-order valence-corrected chi connectivity index (χ0v) is 21.6. The van der Waals surface area contributed by atoms with Crippen molar-refractivity contribution in [1.29, 1.82) is 0 Å². The monoisotopic (exact) mass is 552 g/mol. The van der Waals surface area contributed by atoms with Crippen LogP contribution in [0.2, 0.25) is 0 Å². The molecular weight excluding hydrogens is 532 g/mol. The number of methoxy groups -OCH3 is 1. The number of hydrogen-bond acceptors (Lipinski definition) is 6. The SMILES string of the molecule is COC(=O)c1ccc(NC(=O)c2c(C)c(-c3ccccc3)nc3ccc(Br)cc23)c(-c2cccnn2)c1. The van der Waals surface area contributed by atoms with Gasteiger partial charge in [-0.2, -0.15) is 10.2 Å². The number of carbonyl (C=O) groups excluding carboxylic acids is 2. The predicted molar refractivity (Wildman–Crippen MR) is 146 cm³/mol. The maximum Gasteiger partial charge on any atom is 0.337 e. The Labute approximate surface area is 221 Å². The molecule has 0 radical (unpaired) electrons. The topological polar surface area (TPSA) is 94.1 Å². The third kappa shape index (κ3) is 4.83. The Morgan fingerprint density at radius 1 is 0.946 bits per heavy atom. The molecule has 2 aromatic heterocycles. The van der Waals surface area contributed by atoms with E-state index >= 15 is 0 Å². The van der Waals surface area contributed by atoms with Crippen molar-refractivity contribution in [3.63, 3.8) is 0 Å². The Balaban J connectivity index is 1.66. The van der Waals surface area contributed by atoms with Gasteiger partial charge in [0.15, 0.2) is 0 Å². The fourth-order valence-corrected chi connectivity index (χ4v) is 4.60. The van der Waals surface area contributed by atoms with Crippen molar-refractivity contribution in [1.82, 2.24) is 15.2 Å². The molecule has 182 valence electrons. The second-order valence-corrected chi connectivity index (χ2v) is 9.22. The highest BCUT2D eigenvalue weighted by atomic mass is 79.9. The third-order valence-corrected chi connectivity index (χ3v) is 6.50. The summed E-state index contributed by atoms with van der Waals surface area (Å²) in [6, 6.07) is 23.9. The van der Waals surface area contributed by atoms with E-state index in [2.05, 4.69) is 31.4 Å². The first kappa shape index (κ1) is 24.3. The molecule has 2 heterocycles. The van der Waals surface area contributed by atoms with Crippen molar-refractivity contribution in [3.05, 3.63) is 106 Å². The fourth-order valence-electron chi connectivity index (χ4n) is 4.24. The van der Waals surface area contributed by atoms with E-state index in [-0.39, 0.29) is 5.91 Å². The number of hydrogen-bond donors (Lipinski definition) is 1. The Bertz CT molecular complexity index is 1640. The van der Waals surface area contributed by atoms with E-state index in [0.29, 0.717) is 33.6 Å². The zero-order valence-electron chi connectivity index (χ0n) is 20.0. The molecule has 0 saturated carbocycles. The maximum absolute atomic E-state index is 13.9. The van der Waals surface area contributed by atoms with E-state index < -0.39 is 5.97 Å². The number of aromatic nitrogens is 3. The lowest BCUT2D eigenvalue weighted by Crippen LogP contribution is -2.16. The van der Waals surface area contributed by atoms with E-state index in [0.717, 1.165) is 26.7 Å². The minimum Gasteiger partial charge on any atom is -0.465 e. The van der Waals surface area contributed by atoms with Crippen LogP contribution in [0, 0.1) is 6.92 Å². The van der Waals surface area contributed by atoms with Crippen LogP contribution in [0.3, 0.4) is 0 Å². The first-order chi connectivity index (χ1) is 18.0. The van der Waals surface area contributed by atoms with Gasteiger partial charge in [0.05, 0.1) is 40.8 Å². The molecule has 0 bridgehead atoms. The molecule has 0 spiro atoms. The molecule has 0 atom stereocenters. The van der Waals surface area contributed by atoms with Gasteiger partial charge in [-0.05, 0) is 61.0 Å². The van der Waals surface area contributed by atoms with Crippen molar-refractivity contribution >= 4 is 44.4 Å². The highest BCUT2D eigenvalue weighted by Gasteiger charge is 2.21. The van der Waals surface area contributed by atoms with Crippen LogP contribution in [0.4, 0.5) is 5.69 Å². The Morgan fingerprint density at radius 2 is 1.76 bits per heavy atom. The summed E-state index contributed by atoms with van der Waals surface area (Å²) in [6.07, 6.45) is 1.56. The van der Waals surface area contributed by atoms with Crippen LogP contribution in [-0.2, 0) is 4.74 Å². The number of amides is 1. The van der Waals surface area contributed by atoms with Crippen molar-refractivity contribution < 1.29 is 14.3 Å². The van der Waals surface area contributed by atoms with Crippen LogP contribution >= 0.6 is 15.9 Å². The van der Waals surface area contributed by atoms with E-state index in [1.807, 2.05) is 55.5 Å². The smallest absolute Gasteiger partial charge is 0.337 e. The van der Waals surface area contributed by atoms with E-state index in [1.54, 1.807) is 36.5 Å². The van der Waals surface area contributed by atoms with Gasteiger partial charge < -0.3 is 10.1 Å². The number of nitrogens with one attached hydrogen (secondary N) is 1. The second-order valence-electron chi connectivity index (χ2n) is 8.30. The third-order valence-electron chi connectivity index (χ3n) is 6.00. The molecular formula is C29H21BrN4O3. The largest absolute Gasteiger partial charge is 0.465 e. The summed E-state index contributed by atoms with van der Waals surface area (Å²) >= 11 is 3.52. The summed E-state index contributed by atoms with van der Waals surface area (Å²) < 4.78 is 5.71. The number of ether oxygens (including phenoxy) is 1. The van der Waals surface area contributed by atoms with Gasteiger partial charge in [0, 0.05) is 27.2 Å². The molecule has 1 amide bonds. The summed E-state index contributed by atoms with van der Waals surface area (Å²) in [6.45, 7) is 1.90. The molecule has 0 aliphatic heterocycles. The molecule has 1 N–H and O–H groups in total. The Hall–Kier alpha value is -4.43. The highest BCUT2D eigenvalue weighted by Crippen LogP contribution is 2.33. The molecule has 0 unspecified atom stereocenters. The van der Waals surface area contributed by atoms with Crippen molar-refractivity contribution in [2.75, 3.05) is 12.4 Å². The summed E-state index contributed by atoms with van der Waals surface area (Å²) in [5, 5.41) is 11.9. The first-order valence-electron chi connectivity index (χ1n) is 11.4. The minimum absolute atomic E-state index is 0.309. The van der Waals surface area contributed by atoms with Crippen molar-refractivity contribution in [2.45, 2.75) is 6.92 Å². The van der Waals surface area contributed by atoms with Crippen LogP contribution in [-0.4, -0.2) is 34.2 Å². The molecule has 7 nitrogen and oxygen atoms in total. The number of nitrogens with zero attached hydrogens (tertiary/aromatic N) is 3. The zero-order chi connectivity index (χ0) is 25.9. The number of halogens is 1. The average molecular weight is 553 g/mol. The van der Waals surface area contributed by atoms with Crippen LogP contribution in [0.15, 0.2) is 89.5 Å². The molecule has 0 aliphatic rings. The van der Waals surface area contributed by atoms with Gasteiger partial charge in [0.1, 0.15) is 0 Å². The molecule has 8 heteroatoms. The number of pyridine rings is 1. The standard InChI is InChI=1S/C29H21BrN4O3/c1-17-26(22-16-20(30)11-13-24(22)32-27(17)18-7-4-3-5-8-18)28(35)33-23-12-10-19(29(36)37-2)15-21(23)25-9-6-14-31-34-25/h3-16H,1-2H3,(H,33,35). The van der Waals surface area contributed by atoms with Crippen LogP contribution in [0.1, 0.15) is 26.3 Å². The van der Waals surface area contributed by atoms with Crippen molar-refractivity contribution in [3.8, 4) is 22.5 Å². The van der Waals surface area contributed by atoms with Crippen molar-refractivity contribution in [2.24, 2.45) is 0 Å². The lowest BCUT2D eigenvalue weighted by molar-refractivity contribution is 0.0600.